The van der Waals surface area contributed by atoms with Gasteiger partial charge in [-0.1, -0.05) is 13.8 Å². The van der Waals surface area contributed by atoms with Crippen LogP contribution in [0.25, 0.3) is 0 Å². The van der Waals surface area contributed by atoms with E-state index in [2.05, 4.69) is 13.8 Å². The van der Waals surface area contributed by atoms with Crippen LogP contribution in [0.3, 0.4) is 0 Å². The largest absolute Gasteiger partial charge is 0.633 e. The van der Waals surface area contributed by atoms with E-state index in [-0.39, 0.29) is 34.0 Å². The van der Waals surface area contributed by atoms with Gasteiger partial charge in [0.05, 0.1) is 19.2 Å². The highest BCUT2D eigenvalue weighted by Crippen LogP contribution is 2.67. The SMILES string of the molecule is C[C@H]1CC[C@H]2[C@@](C)(O)[C@H]3CC[C@@H]4[C@@H](C[C@H]5[C@H]4CC(=O)[C@H]4C[C@H](O)CC[C@@]45C)[C@@H]3C[N@+]2([O-])C1. The molecule has 0 bridgehead atoms. The van der Waals surface area contributed by atoms with Crippen molar-refractivity contribution in [2.75, 3.05) is 13.1 Å². The third kappa shape index (κ3) is 2.86. The van der Waals surface area contributed by atoms with Crippen LogP contribution in [0, 0.1) is 58.0 Å². The third-order valence-corrected chi connectivity index (χ3v) is 12.1. The first kappa shape index (κ1) is 22.0. The van der Waals surface area contributed by atoms with Gasteiger partial charge in [-0.05, 0) is 81.0 Å². The minimum Gasteiger partial charge on any atom is -0.633 e. The van der Waals surface area contributed by atoms with Crippen LogP contribution in [-0.2, 0) is 4.79 Å². The van der Waals surface area contributed by atoms with Gasteiger partial charge >= 0.3 is 0 Å². The van der Waals surface area contributed by atoms with Gasteiger partial charge in [-0.15, -0.1) is 0 Å². The fourth-order valence-corrected chi connectivity index (χ4v) is 10.7. The Morgan fingerprint density at radius 2 is 1.72 bits per heavy atom. The highest BCUT2D eigenvalue weighted by Gasteiger charge is 2.66. The number of carbonyl (C=O) groups excluding carboxylic acids is 1. The number of nitrogens with zero attached hydrogens (tertiary/aromatic N) is 1. The number of fused-ring (bicyclic) bond motifs is 8. The Bertz CT molecular complexity index is 794. The van der Waals surface area contributed by atoms with Crippen molar-refractivity contribution in [2.24, 2.45) is 52.8 Å². The molecule has 13 atom stereocenters. The van der Waals surface area contributed by atoms with Gasteiger partial charge in [-0.2, -0.15) is 0 Å². The van der Waals surface area contributed by atoms with Crippen molar-refractivity contribution in [3.63, 3.8) is 0 Å². The van der Waals surface area contributed by atoms with Crippen LogP contribution in [0.5, 0.6) is 0 Å². The van der Waals surface area contributed by atoms with Crippen molar-refractivity contribution in [1.29, 1.82) is 0 Å². The monoisotopic (exact) mass is 445 g/mol. The van der Waals surface area contributed by atoms with E-state index in [0.29, 0.717) is 67.2 Å². The van der Waals surface area contributed by atoms with E-state index in [0.717, 1.165) is 44.9 Å². The van der Waals surface area contributed by atoms with Crippen molar-refractivity contribution in [1.82, 2.24) is 0 Å². The lowest BCUT2D eigenvalue weighted by atomic mass is 9.51. The van der Waals surface area contributed by atoms with Crippen LogP contribution in [0.15, 0.2) is 0 Å². The molecule has 4 aliphatic carbocycles. The van der Waals surface area contributed by atoms with Crippen LogP contribution in [-0.4, -0.2) is 51.5 Å². The lowest BCUT2D eigenvalue weighted by molar-refractivity contribution is -0.933. The number of ketones is 1. The summed E-state index contributed by atoms with van der Waals surface area (Å²) in [7, 11) is 0. The van der Waals surface area contributed by atoms with E-state index in [1.807, 2.05) is 6.92 Å². The molecule has 5 heteroatoms. The second kappa shape index (κ2) is 7.02. The van der Waals surface area contributed by atoms with Gasteiger partial charge in [0.1, 0.15) is 17.4 Å². The first-order valence-corrected chi connectivity index (χ1v) is 13.6. The molecule has 6 rings (SSSR count). The maximum atomic E-state index is 14.2. The normalized spacial score (nSPS) is 61.8. The summed E-state index contributed by atoms with van der Waals surface area (Å²) >= 11 is 0. The van der Waals surface area contributed by atoms with Crippen LogP contribution in [0.1, 0.15) is 78.6 Å². The highest BCUT2D eigenvalue weighted by molar-refractivity contribution is 5.83. The number of piperidine rings is 2. The molecule has 0 unspecified atom stereocenters. The Hall–Kier alpha value is -0.490. The summed E-state index contributed by atoms with van der Waals surface area (Å²) in [4.78, 5) is 13.3. The van der Waals surface area contributed by atoms with Crippen LogP contribution in [0.4, 0.5) is 0 Å². The number of aliphatic hydroxyl groups is 2. The lowest BCUT2D eigenvalue weighted by Crippen LogP contribution is -2.73. The molecule has 6 aliphatic rings. The molecule has 2 heterocycles. The van der Waals surface area contributed by atoms with E-state index in [9.17, 15) is 20.2 Å². The Kier molecular flexibility index (Phi) is 4.83. The van der Waals surface area contributed by atoms with Gasteiger partial charge in [-0.25, -0.2) is 0 Å². The summed E-state index contributed by atoms with van der Waals surface area (Å²) in [5, 5.41) is 36.3. The van der Waals surface area contributed by atoms with E-state index >= 15 is 0 Å². The second-order valence-electron chi connectivity index (χ2n) is 13.6. The summed E-state index contributed by atoms with van der Waals surface area (Å²) in [6.07, 6.45) is 7.96. The van der Waals surface area contributed by atoms with E-state index < -0.39 is 5.60 Å². The number of Topliss-reactive ketones (excluding diaryl/α,β-unsaturated/α-hetero) is 1. The predicted octanol–water partition coefficient (Wildman–Crippen LogP) is 3.90. The quantitative estimate of drug-likeness (QED) is 0.438. The van der Waals surface area contributed by atoms with Crippen molar-refractivity contribution in [3.8, 4) is 0 Å². The minimum atomic E-state index is -0.874. The van der Waals surface area contributed by atoms with Gasteiger partial charge in [0.25, 0.3) is 0 Å². The second-order valence-corrected chi connectivity index (χ2v) is 13.6. The zero-order chi connectivity index (χ0) is 22.6. The molecule has 2 aliphatic heterocycles. The average Bonchev–Trinajstić information content (AvgIpc) is 3.08. The number of quaternary nitrogens is 1. The Balaban J connectivity index is 1.33. The fraction of sp³-hybridized carbons (Fsp3) is 0.963. The first-order valence-electron chi connectivity index (χ1n) is 13.6. The first-order chi connectivity index (χ1) is 15.0. The molecule has 0 spiro atoms. The zero-order valence-electron chi connectivity index (χ0n) is 20.2. The molecule has 5 nitrogen and oxygen atoms in total. The smallest absolute Gasteiger partial charge is 0.136 e. The molecule has 2 saturated heterocycles. The van der Waals surface area contributed by atoms with Gasteiger partial charge in [0, 0.05) is 36.5 Å². The van der Waals surface area contributed by atoms with Gasteiger partial charge in [0.15, 0.2) is 0 Å². The van der Waals surface area contributed by atoms with Gasteiger partial charge < -0.3 is 20.1 Å². The molecule has 0 aromatic heterocycles. The molecule has 0 amide bonds. The molecule has 0 radical (unpaired) electrons. The Morgan fingerprint density at radius 3 is 2.50 bits per heavy atom. The standard InChI is InChI=1S/C27H43NO4/c1-15-4-7-25-27(3,31)21-6-5-17-18(20(21)14-28(25,32)13-15)11-22-19(17)12-24(30)23-10-16(29)8-9-26(22,23)2/h15-23,25,29,31H,4-14H2,1-3H3/t15-,16+,17+,18+,19-,20-,21-,22-,23+,25-,26+,27-,28+/m0/s1. The summed E-state index contributed by atoms with van der Waals surface area (Å²) < 4.78 is -0.182. The van der Waals surface area contributed by atoms with Crippen LogP contribution < -0.4 is 0 Å². The Labute approximate surface area is 193 Å². The number of aliphatic hydroxyl groups excluding tert-OH is 1. The fourth-order valence-electron chi connectivity index (χ4n) is 10.7. The van der Waals surface area contributed by atoms with Crippen LogP contribution >= 0.6 is 0 Å². The average molecular weight is 446 g/mol. The number of hydrogen-bond donors (Lipinski definition) is 2. The Morgan fingerprint density at radius 1 is 0.938 bits per heavy atom. The molecule has 0 aromatic carbocycles. The van der Waals surface area contributed by atoms with Crippen molar-refractivity contribution < 1.29 is 19.7 Å². The topological polar surface area (TPSA) is 80.6 Å². The van der Waals surface area contributed by atoms with Gasteiger partial charge in [-0.3, -0.25) is 4.79 Å². The molecule has 4 saturated carbocycles. The van der Waals surface area contributed by atoms with E-state index in [1.165, 1.54) is 0 Å². The van der Waals surface area contributed by atoms with E-state index in [4.69, 9.17) is 0 Å². The maximum absolute atomic E-state index is 14.2. The number of carbonyl (C=O) groups is 1. The number of hydroxylamine groups is 3. The maximum Gasteiger partial charge on any atom is 0.136 e. The zero-order valence-corrected chi connectivity index (χ0v) is 20.2. The summed E-state index contributed by atoms with van der Waals surface area (Å²) in [5.41, 5.74) is -0.865. The van der Waals surface area contributed by atoms with Gasteiger partial charge in [0.2, 0.25) is 0 Å². The highest BCUT2D eigenvalue weighted by atomic mass is 16.6. The summed E-state index contributed by atoms with van der Waals surface area (Å²) in [6.45, 7) is 7.87. The third-order valence-electron chi connectivity index (χ3n) is 12.1. The molecular weight excluding hydrogens is 402 g/mol. The van der Waals surface area contributed by atoms with E-state index in [1.54, 1.807) is 0 Å². The van der Waals surface area contributed by atoms with Crippen molar-refractivity contribution in [2.45, 2.75) is 96.3 Å². The molecule has 2 N–H and O–H groups in total. The van der Waals surface area contributed by atoms with Crippen LogP contribution in [0.2, 0.25) is 0 Å². The molecule has 180 valence electrons. The molecule has 32 heavy (non-hydrogen) atoms. The van der Waals surface area contributed by atoms with Crippen molar-refractivity contribution in [3.05, 3.63) is 5.21 Å². The number of rotatable bonds is 0. The number of hydrogen-bond acceptors (Lipinski definition) is 4. The summed E-state index contributed by atoms with van der Waals surface area (Å²) in [5.74, 6) is 3.37. The summed E-state index contributed by atoms with van der Waals surface area (Å²) in [6, 6.07) is -0.163. The predicted molar refractivity (Wildman–Crippen MR) is 122 cm³/mol. The minimum absolute atomic E-state index is 0.00908. The molecular formula is C27H43NO4. The molecule has 6 fully saturated rings. The van der Waals surface area contributed by atoms with Crippen molar-refractivity contribution >= 4 is 5.78 Å². The molecule has 0 aromatic rings. The lowest BCUT2D eigenvalue weighted by Gasteiger charge is -2.66.